The van der Waals surface area contributed by atoms with E-state index in [0.717, 1.165) is 0 Å². The van der Waals surface area contributed by atoms with E-state index in [0.29, 0.717) is 5.56 Å². The number of alkyl halides is 3. The Kier molecular flexibility index (Phi) is 3.99. The first kappa shape index (κ1) is 15.1. The van der Waals surface area contributed by atoms with Crippen LogP contribution in [-0.2, 0) is 17.0 Å². The van der Waals surface area contributed by atoms with Gasteiger partial charge in [0.05, 0.1) is 5.25 Å². The van der Waals surface area contributed by atoms with Crippen LogP contribution in [-0.4, -0.2) is 17.3 Å². The van der Waals surface area contributed by atoms with Gasteiger partial charge in [0.1, 0.15) is 0 Å². The zero-order valence-electron chi connectivity index (χ0n) is 10.6. The van der Waals surface area contributed by atoms with Gasteiger partial charge in [0.25, 0.3) is 0 Å². The van der Waals surface area contributed by atoms with Gasteiger partial charge >= 0.3 is 6.18 Å². The van der Waals surface area contributed by atoms with E-state index in [1.807, 2.05) is 0 Å². The van der Waals surface area contributed by atoms with Crippen LogP contribution >= 0.6 is 12.6 Å². The lowest BCUT2D eigenvalue weighted by Crippen LogP contribution is -2.34. The lowest BCUT2D eigenvalue weighted by atomic mass is 10.0. The molecule has 0 aromatic heterocycles. The molecular formula is C12H14F3N3OS. The third-order valence-corrected chi connectivity index (χ3v) is 3.27. The zero-order chi connectivity index (χ0) is 15.0. The van der Waals surface area contributed by atoms with Gasteiger partial charge in [-0.05, 0) is 18.1 Å². The molecule has 1 unspecified atom stereocenters. The molecular weight excluding hydrogens is 291 g/mol. The Labute approximate surface area is 119 Å². The van der Waals surface area contributed by atoms with Gasteiger partial charge in [-0.15, -0.1) is 0 Å². The number of rotatable bonds is 4. The van der Waals surface area contributed by atoms with Gasteiger partial charge in [-0.2, -0.15) is 25.8 Å². The van der Waals surface area contributed by atoms with Crippen molar-refractivity contribution in [2.75, 3.05) is 0 Å². The fourth-order valence-corrected chi connectivity index (χ4v) is 1.81. The molecule has 1 aromatic carbocycles. The number of nitrogens with one attached hydrogen (secondary N) is 3. The Bertz CT molecular complexity index is 498. The summed E-state index contributed by atoms with van der Waals surface area (Å²) in [6.07, 6.45) is -4.41. The van der Waals surface area contributed by atoms with E-state index in [9.17, 15) is 18.0 Å². The van der Waals surface area contributed by atoms with Crippen molar-refractivity contribution in [2.45, 2.75) is 30.6 Å². The first-order chi connectivity index (χ1) is 9.26. The number of carbonyl (C=O) groups excluding carboxylic acids is 1. The van der Waals surface area contributed by atoms with Crippen LogP contribution in [0.1, 0.15) is 18.1 Å². The molecule has 3 N–H and O–H groups in total. The lowest BCUT2D eigenvalue weighted by Gasteiger charge is -2.16. The van der Waals surface area contributed by atoms with Gasteiger partial charge < -0.3 is 5.32 Å². The van der Waals surface area contributed by atoms with E-state index in [1.54, 1.807) is 19.1 Å². The average molecular weight is 305 g/mol. The molecule has 1 heterocycles. The summed E-state index contributed by atoms with van der Waals surface area (Å²) in [5.74, 6) is -0.227. The molecule has 110 valence electrons. The second-order valence-corrected chi connectivity index (χ2v) is 5.36. The largest absolute Gasteiger partial charge is 0.426 e. The molecule has 1 aliphatic rings. The highest BCUT2D eigenvalue weighted by Gasteiger charge is 2.65. The Morgan fingerprint density at radius 1 is 1.35 bits per heavy atom. The van der Waals surface area contributed by atoms with Crippen molar-refractivity contribution in [2.24, 2.45) is 0 Å². The fourth-order valence-electron chi connectivity index (χ4n) is 1.72. The first-order valence-electron chi connectivity index (χ1n) is 5.92. The molecule has 1 aliphatic heterocycles. The van der Waals surface area contributed by atoms with Gasteiger partial charge in [0.2, 0.25) is 11.6 Å². The van der Waals surface area contributed by atoms with E-state index >= 15 is 0 Å². The highest BCUT2D eigenvalue weighted by Crippen LogP contribution is 2.41. The molecule has 0 saturated carbocycles. The van der Waals surface area contributed by atoms with Crippen molar-refractivity contribution in [1.82, 2.24) is 16.2 Å². The number of hydrogen-bond donors (Lipinski definition) is 4. The van der Waals surface area contributed by atoms with E-state index in [4.69, 9.17) is 0 Å². The van der Waals surface area contributed by atoms with E-state index < -0.39 is 17.1 Å². The van der Waals surface area contributed by atoms with Gasteiger partial charge in [-0.25, -0.2) is 10.9 Å². The van der Waals surface area contributed by atoms with Crippen LogP contribution < -0.4 is 16.2 Å². The van der Waals surface area contributed by atoms with Crippen molar-refractivity contribution in [3.63, 3.8) is 0 Å². The summed E-state index contributed by atoms with van der Waals surface area (Å²) in [6, 6.07) is 5.86. The molecule has 4 nitrogen and oxygen atoms in total. The van der Waals surface area contributed by atoms with Gasteiger partial charge in [0.15, 0.2) is 0 Å². The minimum atomic E-state index is -4.41. The summed E-state index contributed by atoms with van der Waals surface area (Å²) < 4.78 is 38.5. The second-order valence-electron chi connectivity index (χ2n) is 4.59. The summed E-state index contributed by atoms with van der Waals surface area (Å²) in [5.41, 5.74) is 2.93. The van der Waals surface area contributed by atoms with Crippen LogP contribution in [0, 0.1) is 0 Å². The van der Waals surface area contributed by atoms with Crippen LogP contribution in [0.15, 0.2) is 24.3 Å². The SMILES string of the molecule is CC(S)C(=O)NCc1ccc(C2(C(F)(F)F)NN2)cc1. The topological polar surface area (TPSA) is 73.0 Å². The summed E-state index contributed by atoms with van der Waals surface area (Å²) >= 11 is 3.98. The minimum absolute atomic E-state index is 0.0858. The van der Waals surface area contributed by atoms with Crippen LogP contribution in [0.25, 0.3) is 0 Å². The highest BCUT2D eigenvalue weighted by molar-refractivity contribution is 7.81. The number of hydrogen-bond acceptors (Lipinski definition) is 4. The van der Waals surface area contributed by atoms with Crippen molar-refractivity contribution < 1.29 is 18.0 Å². The maximum atomic E-state index is 12.8. The smallest absolute Gasteiger partial charge is 0.351 e. The third kappa shape index (κ3) is 2.92. The maximum absolute atomic E-state index is 12.8. The monoisotopic (exact) mass is 305 g/mol. The van der Waals surface area contributed by atoms with Gasteiger partial charge in [-0.1, -0.05) is 24.3 Å². The molecule has 1 saturated heterocycles. The van der Waals surface area contributed by atoms with Crippen LogP contribution in [0.3, 0.4) is 0 Å². The van der Waals surface area contributed by atoms with Crippen molar-refractivity contribution in [1.29, 1.82) is 0 Å². The molecule has 0 bridgehead atoms. The minimum Gasteiger partial charge on any atom is -0.351 e. The van der Waals surface area contributed by atoms with Crippen LogP contribution in [0.2, 0.25) is 0 Å². The molecule has 2 rings (SSSR count). The summed E-state index contributed by atoms with van der Waals surface area (Å²) in [6.45, 7) is 1.89. The van der Waals surface area contributed by atoms with Gasteiger partial charge in [-0.3, -0.25) is 4.79 Å². The molecule has 0 spiro atoms. The normalized spacial score (nSPS) is 18.4. The molecule has 1 fully saturated rings. The number of benzene rings is 1. The Morgan fingerprint density at radius 3 is 2.30 bits per heavy atom. The number of halogens is 3. The van der Waals surface area contributed by atoms with Crippen molar-refractivity contribution in [3.05, 3.63) is 35.4 Å². The molecule has 1 amide bonds. The lowest BCUT2D eigenvalue weighted by molar-refractivity contribution is -0.165. The van der Waals surface area contributed by atoms with Crippen LogP contribution in [0.4, 0.5) is 13.2 Å². The van der Waals surface area contributed by atoms with Gasteiger partial charge in [0, 0.05) is 6.54 Å². The highest BCUT2D eigenvalue weighted by atomic mass is 32.1. The summed E-state index contributed by atoms with van der Waals surface area (Å²) in [7, 11) is 0. The van der Waals surface area contributed by atoms with E-state index in [1.165, 1.54) is 12.1 Å². The van der Waals surface area contributed by atoms with Crippen molar-refractivity contribution in [3.8, 4) is 0 Å². The number of carbonyl (C=O) groups is 1. The zero-order valence-corrected chi connectivity index (χ0v) is 11.5. The molecule has 1 aromatic rings. The third-order valence-electron chi connectivity index (χ3n) is 3.03. The predicted octanol–water partition coefficient (Wildman–Crippen LogP) is 1.44. The number of thiol groups is 1. The molecule has 8 heteroatoms. The average Bonchev–Trinajstić information content (AvgIpc) is 3.17. The predicted molar refractivity (Wildman–Crippen MR) is 70.7 cm³/mol. The fraction of sp³-hybridized carbons (Fsp3) is 0.417. The summed E-state index contributed by atoms with van der Waals surface area (Å²) in [5, 5.41) is 2.21. The second kappa shape index (κ2) is 5.27. The van der Waals surface area contributed by atoms with E-state index in [-0.39, 0.29) is 18.0 Å². The molecule has 20 heavy (non-hydrogen) atoms. The molecule has 1 atom stereocenters. The standard InChI is InChI=1S/C12H14F3N3OS/c1-7(20)10(19)16-6-8-2-4-9(5-3-8)11(17-18-11)12(13,14)15/h2-5,7,17-18,20H,6H2,1H3,(H,16,19). The molecule has 0 radical (unpaired) electrons. The van der Waals surface area contributed by atoms with Crippen molar-refractivity contribution >= 4 is 18.5 Å². The number of hydrazine groups is 1. The number of amides is 1. The summed E-state index contributed by atoms with van der Waals surface area (Å²) in [4.78, 5) is 11.3. The quantitative estimate of drug-likeness (QED) is 0.502. The van der Waals surface area contributed by atoms with Crippen LogP contribution in [0.5, 0.6) is 0 Å². The maximum Gasteiger partial charge on any atom is 0.426 e. The Morgan fingerprint density at radius 2 is 1.90 bits per heavy atom. The Balaban J connectivity index is 2.03. The van der Waals surface area contributed by atoms with E-state index in [2.05, 4.69) is 28.8 Å². The first-order valence-corrected chi connectivity index (χ1v) is 6.44. The molecule has 0 aliphatic carbocycles. The Hall–Kier alpha value is -1.25.